The number of thiazole rings is 1. The fourth-order valence-corrected chi connectivity index (χ4v) is 2.92. The molecule has 0 radical (unpaired) electrons. The molecule has 1 atom stereocenters. The molecule has 1 unspecified atom stereocenters. The molecule has 1 aliphatic rings. The summed E-state index contributed by atoms with van der Waals surface area (Å²) in [5, 5.41) is 4.44. The first-order chi connectivity index (χ1) is 10.0. The van der Waals surface area contributed by atoms with Crippen LogP contribution in [-0.2, 0) is 6.54 Å². The molecule has 1 aliphatic heterocycles. The van der Waals surface area contributed by atoms with Crippen LogP contribution in [0.25, 0.3) is 0 Å². The van der Waals surface area contributed by atoms with Gasteiger partial charge in [0.25, 0.3) is 0 Å². The lowest BCUT2D eigenvalue weighted by molar-refractivity contribution is 0.0911. The lowest BCUT2D eigenvalue weighted by Gasteiger charge is -2.24. The van der Waals surface area contributed by atoms with Crippen LogP contribution in [0.4, 0.5) is 0 Å². The van der Waals surface area contributed by atoms with Gasteiger partial charge in [0.05, 0.1) is 0 Å². The van der Waals surface area contributed by atoms with Crippen LogP contribution in [0.1, 0.15) is 36.8 Å². The van der Waals surface area contributed by atoms with Crippen LogP contribution >= 0.6 is 11.3 Å². The number of aromatic nitrogens is 1. The number of ether oxygens (including phenoxy) is 2. The molecule has 0 bridgehead atoms. The van der Waals surface area contributed by atoms with E-state index in [2.05, 4.69) is 31.1 Å². The monoisotopic (exact) mass is 304 g/mol. The van der Waals surface area contributed by atoms with Gasteiger partial charge < -0.3 is 14.8 Å². The van der Waals surface area contributed by atoms with Crippen LogP contribution in [0.5, 0.6) is 11.5 Å². The highest BCUT2D eigenvalue weighted by molar-refractivity contribution is 7.11. The Morgan fingerprint density at radius 2 is 2.05 bits per heavy atom. The molecule has 1 N–H and O–H groups in total. The normalized spacial score (nSPS) is 17.8. The Kier molecular flexibility index (Phi) is 3.87. The Morgan fingerprint density at radius 3 is 2.81 bits per heavy atom. The zero-order valence-electron chi connectivity index (χ0n) is 12.6. The number of para-hydroxylation sites is 2. The molecule has 5 heteroatoms. The average molecular weight is 304 g/mol. The maximum absolute atomic E-state index is 5.98. The van der Waals surface area contributed by atoms with Crippen molar-refractivity contribution in [3.63, 3.8) is 0 Å². The number of hydrogen-bond acceptors (Lipinski definition) is 5. The minimum atomic E-state index is -0.117. The van der Waals surface area contributed by atoms with Gasteiger partial charge in [-0.2, -0.15) is 0 Å². The van der Waals surface area contributed by atoms with Gasteiger partial charge in [0.15, 0.2) is 17.6 Å². The van der Waals surface area contributed by atoms with Gasteiger partial charge in [-0.1, -0.05) is 12.1 Å². The van der Waals surface area contributed by atoms with Crippen molar-refractivity contribution in [1.82, 2.24) is 10.3 Å². The van der Waals surface area contributed by atoms with E-state index in [0.717, 1.165) is 23.1 Å². The van der Waals surface area contributed by atoms with Gasteiger partial charge in [-0.3, -0.25) is 0 Å². The van der Waals surface area contributed by atoms with E-state index in [9.17, 15) is 0 Å². The molecule has 0 saturated carbocycles. The van der Waals surface area contributed by atoms with Gasteiger partial charge in [-0.25, -0.2) is 4.98 Å². The Balaban J connectivity index is 1.67. The lowest BCUT2D eigenvalue weighted by atomic mass is 10.1. The van der Waals surface area contributed by atoms with Crippen molar-refractivity contribution in [2.24, 2.45) is 0 Å². The summed E-state index contributed by atoms with van der Waals surface area (Å²) < 4.78 is 11.7. The summed E-state index contributed by atoms with van der Waals surface area (Å²) in [6, 6.07) is 7.75. The van der Waals surface area contributed by atoms with E-state index in [1.165, 1.54) is 4.88 Å². The van der Waals surface area contributed by atoms with Crippen molar-refractivity contribution in [1.29, 1.82) is 0 Å². The molecular formula is C16H20N2O2S. The number of fused-ring (bicyclic) bond motifs is 1. The second-order valence-electron chi connectivity index (χ2n) is 6.13. The second kappa shape index (κ2) is 5.66. The smallest absolute Gasteiger partial charge is 0.184 e. The first kappa shape index (κ1) is 14.4. The molecule has 21 heavy (non-hydrogen) atoms. The highest BCUT2D eigenvalue weighted by Crippen LogP contribution is 2.36. The molecule has 1 aromatic heterocycles. The van der Waals surface area contributed by atoms with Crippen LogP contribution in [0.3, 0.4) is 0 Å². The molecular weight excluding hydrogens is 284 g/mol. The van der Waals surface area contributed by atoms with Crippen molar-refractivity contribution in [3.8, 4) is 11.5 Å². The van der Waals surface area contributed by atoms with Crippen LogP contribution in [0.2, 0.25) is 0 Å². The molecule has 2 aromatic rings. The van der Waals surface area contributed by atoms with Crippen LogP contribution < -0.4 is 14.8 Å². The van der Waals surface area contributed by atoms with E-state index in [1.807, 2.05) is 30.5 Å². The quantitative estimate of drug-likeness (QED) is 0.942. The predicted molar refractivity (Wildman–Crippen MR) is 84.0 cm³/mol. The Hall–Kier alpha value is -1.59. The summed E-state index contributed by atoms with van der Waals surface area (Å²) >= 11 is 1.68. The number of rotatable bonds is 3. The number of nitrogens with zero attached hydrogens (tertiary/aromatic N) is 1. The highest BCUT2D eigenvalue weighted by atomic mass is 32.1. The highest BCUT2D eigenvalue weighted by Gasteiger charge is 2.25. The Bertz CT molecular complexity index is 619. The van der Waals surface area contributed by atoms with Crippen molar-refractivity contribution >= 4 is 11.3 Å². The molecule has 1 aromatic carbocycles. The molecule has 0 aliphatic carbocycles. The molecule has 2 heterocycles. The first-order valence-corrected chi connectivity index (χ1v) is 7.91. The van der Waals surface area contributed by atoms with Crippen LogP contribution in [-0.4, -0.2) is 17.1 Å². The van der Waals surface area contributed by atoms with Crippen LogP contribution in [0.15, 0.2) is 30.5 Å². The molecule has 0 saturated heterocycles. The molecule has 112 valence electrons. The van der Waals surface area contributed by atoms with Gasteiger partial charge in [0.1, 0.15) is 11.6 Å². The van der Waals surface area contributed by atoms with E-state index in [0.29, 0.717) is 6.61 Å². The van der Waals surface area contributed by atoms with E-state index in [1.54, 1.807) is 11.3 Å². The van der Waals surface area contributed by atoms with E-state index < -0.39 is 0 Å². The molecule has 3 rings (SSSR count). The van der Waals surface area contributed by atoms with Gasteiger partial charge in [-0.15, -0.1) is 11.3 Å². The molecule has 0 amide bonds. The third kappa shape index (κ3) is 3.54. The molecule has 0 spiro atoms. The number of benzene rings is 1. The summed E-state index contributed by atoms with van der Waals surface area (Å²) in [5.41, 5.74) is 0.105. The first-order valence-electron chi connectivity index (χ1n) is 7.09. The fraction of sp³-hybridized carbons (Fsp3) is 0.438. The molecule has 4 nitrogen and oxygen atoms in total. The summed E-state index contributed by atoms with van der Waals surface area (Å²) in [4.78, 5) is 5.70. The summed E-state index contributed by atoms with van der Waals surface area (Å²) in [5.74, 6) is 1.60. The van der Waals surface area contributed by atoms with Crippen molar-refractivity contribution in [2.45, 2.75) is 39.0 Å². The number of nitrogens with one attached hydrogen (secondary N) is 1. The minimum absolute atomic E-state index is 0.105. The van der Waals surface area contributed by atoms with E-state index >= 15 is 0 Å². The predicted octanol–water partition coefficient (Wildman–Crippen LogP) is 3.54. The zero-order chi connectivity index (χ0) is 14.9. The molecule has 0 fully saturated rings. The zero-order valence-corrected chi connectivity index (χ0v) is 13.4. The van der Waals surface area contributed by atoms with Gasteiger partial charge in [0.2, 0.25) is 0 Å². The summed E-state index contributed by atoms with van der Waals surface area (Å²) in [7, 11) is 0. The largest absolute Gasteiger partial charge is 0.485 e. The SMILES string of the molecule is CC(C)(C)NCc1cnc(C2COc3ccccc3O2)s1. The average Bonchev–Trinajstić information content (AvgIpc) is 2.93. The van der Waals surface area contributed by atoms with Crippen molar-refractivity contribution in [3.05, 3.63) is 40.3 Å². The fourth-order valence-electron chi connectivity index (χ4n) is 2.05. The Labute approximate surface area is 129 Å². The van der Waals surface area contributed by atoms with Gasteiger partial charge in [-0.05, 0) is 32.9 Å². The standard InChI is InChI=1S/C16H20N2O2S/c1-16(2,3)18-9-11-8-17-15(21-11)14-10-19-12-6-4-5-7-13(12)20-14/h4-8,14,18H,9-10H2,1-3H3. The van der Waals surface area contributed by atoms with Crippen molar-refractivity contribution in [2.75, 3.05) is 6.61 Å². The maximum atomic E-state index is 5.98. The summed E-state index contributed by atoms with van der Waals surface area (Å²) in [6.07, 6.45) is 1.80. The van der Waals surface area contributed by atoms with Gasteiger partial charge >= 0.3 is 0 Å². The summed E-state index contributed by atoms with van der Waals surface area (Å²) in [6.45, 7) is 7.81. The topological polar surface area (TPSA) is 43.4 Å². The number of hydrogen-bond donors (Lipinski definition) is 1. The van der Waals surface area contributed by atoms with E-state index in [4.69, 9.17) is 9.47 Å². The Morgan fingerprint density at radius 1 is 1.29 bits per heavy atom. The third-order valence-electron chi connectivity index (χ3n) is 3.15. The second-order valence-corrected chi connectivity index (χ2v) is 7.28. The maximum Gasteiger partial charge on any atom is 0.184 e. The minimum Gasteiger partial charge on any atom is -0.485 e. The van der Waals surface area contributed by atoms with Crippen LogP contribution in [0, 0.1) is 0 Å². The van der Waals surface area contributed by atoms with Crippen molar-refractivity contribution < 1.29 is 9.47 Å². The van der Waals surface area contributed by atoms with Gasteiger partial charge in [0, 0.05) is 23.2 Å². The third-order valence-corrected chi connectivity index (χ3v) is 4.24. The lowest BCUT2D eigenvalue weighted by Crippen LogP contribution is -2.34. The van der Waals surface area contributed by atoms with E-state index in [-0.39, 0.29) is 11.6 Å².